The molecular formula is C12H14ClN3O4. The largest absolute Gasteiger partial charge is 0.283 e. The van der Waals surface area contributed by atoms with Gasteiger partial charge in [0.25, 0.3) is 11.6 Å². The first-order valence-corrected chi connectivity index (χ1v) is 6.22. The lowest BCUT2D eigenvalue weighted by Gasteiger charge is -2.09. The Balaban J connectivity index is 2.78. The fourth-order valence-corrected chi connectivity index (χ4v) is 1.63. The number of nitrogens with one attached hydrogen (secondary N) is 2. The monoisotopic (exact) mass is 299 g/mol. The molecule has 0 aliphatic rings. The zero-order valence-electron chi connectivity index (χ0n) is 11.0. The Morgan fingerprint density at radius 2 is 2.00 bits per heavy atom. The molecule has 0 radical (unpaired) electrons. The minimum Gasteiger partial charge on any atom is -0.273 e. The molecule has 0 saturated carbocycles. The minimum absolute atomic E-state index is 0.136. The lowest BCUT2D eigenvalue weighted by molar-refractivity contribution is -0.385. The van der Waals surface area contributed by atoms with Crippen LogP contribution in [0.2, 0.25) is 5.02 Å². The number of amides is 2. The van der Waals surface area contributed by atoms with Gasteiger partial charge in [-0.15, -0.1) is 0 Å². The molecule has 0 fully saturated rings. The van der Waals surface area contributed by atoms with Crippen molar-refractivity contribution >= 4 is 29.1 Å². The summed E-state index contributed by atoms with van der Waals surface area (Å²) in [5.74, 6) is -1.01. The van der Waals surface area contributed by atoms with Crippen molar-refractivity contribution in [1.82, 2.24) is 10.9 Å². The van der Waals surface area contributed by atoms with Crippen LogP contribution < -0.4 is 10.9 Å². The van der Waals surface area contributed by atoms with Gasteiger partial charge >= 0.3 is 0 Å². The number of benzene rings is 1. The maximum Gasteiger partial charge on any atom is 0.283 e. The van der Waals surface area contributed by atoms with Crippen molar-refractivity contribution in [2.75, 3.05) is 0 Å². The van der Waals surface area contributed by atoms with E-state index in [4.69, 9.17) is 11.6 Å². The van der Waals surface area contributed by atoms with Gasteiger partial charge in [0.2, 0.25) is 5.91 Å². The summed E-state index contributed by atoms with van der Waals surface area (Å²) in [6.07, 6.45) is 0.239. The number of halogens is 1. The second-order valence-electron chi connectivity index (χ2n) is 4.52. The number of hydrogen-bond donors (Lipinski definition) is 2. The van der Waals surface area contributed by atoms with Crippen LogP contribution in [-0.4, -0.2) is 16.7 Å². The Morgan fingerprint density at radius 1 is 1.35 bits per heavy atom. The maximum atomic E-state index is 11.8. The molecule has 2 N–H and O–H groups in total. The van der Waals surface area contributed by atoms with Gasteiger partial charge < -0.3 is 0 Å². The first-order valence-electron chi connectivity index (χ1n) is 5.84. The van der Waals surface area contributed by atoms with Crippen molar-refractivity contribution < 1.29 is 14.5 Å². The fraction of sp³-hybridized carbons (Fsp3) is 0.333. The maximum absolute atomic E-state index is 11.8. The first kappa shape index (κ1) is 15.9. The van der Waals surface area contributed by atoms with Crippen LogP contribution >= 0.6 is 11.6 Å². The van der Waals surface area contributed by atoms with Crippen LogP contribution in [0.3, 0.4) is 0 Å². The van der Waals surface area contributed by atoms with Crippen molar-refractivity contribution in [3.8, 4) is 0 Å². The third-order valence-corrected chi connectivity index (χ3v) is 2.55. The lowest BCUT2D eigenvalue weighted by Crippen LogP contribution is -2.42. The van der Waals surface area contributed by atoms with Crippen LogP contribution in [0.5, 0.6) is 0 Å². The predicted octanol–water partition coefficient (Wildman–Crippen LogP) is 2.06. The second-order valence-corrected chi connectivity index (χ2v) is 4.96. The topological polar surface area (TPSA) is 101 Å². The van der Waals surface area contributed by atoms with Crippen molar-refractivity contribution in [2.45, 2.75) is 20.3 Å². The van der Waals surface area contributed by atoms with Crippen LogP contribution in [0.25, 0.3) is 0 Å². The van der Waals surface area contributed by atoms with Crippen molar-refractivity contribution in [3.63, 3.8) is 0 Å². The van der Waals surface area contributed by atoms with Gasteiger partial charge in [-0.2, -0.15) is 0 Å². The number of hydrogen-bond acceptors (Lipinski definition) is 4. The number of nitrogens with zero attached hydrogens (tertiary/aromatic N) is 1. The lowest BCUT2D eigenvalue weighted by atomic mass is 10.1. The van der Waals surface area contributed by atoms with Crippen LogP contribution in [-0.2, 0) is 4.79 Å². The zero-order chi connectivity index (χ0) is 15.3. The number of carbonyl (C=O) groups excluding carboxylic acids is 2. The summed E-state index contributed by atoms with van der Waals surface area (Å²) in [6, 6.07) is 3.66. The van der Waals surface area contributed by atoms with Crippen LogP contribution in [0.15, 0.2) is 18.2 Å². The Labute approximate surface area is 120 Å². The average Bonchev–Trinajstić information content (AvgIpc) is 2.35. The van der Waals surface area contributed by atoms with Crippen LogP contribution in [0, 0.1) is 16.0 Å². The molecule has 0 aromatic heterocycles. The summed E-state index contributed by atoms with van der Waals surface area (Å²) in [6.45, 7) is 3.71. The van der Waals surface area contributed by atoms with Gasteiger partial charge in [-0.05, 0) is 18.1 Å². The third kappa shape index (κ3) is 4.51. The van der Waals surface area contributed by atoms with Gasteiger partial charge in [-0.3, -0.25) is 30.6 Å². The summed E-state index contributed by atoms with van der Waals surface area (Å²) >= 11 is 5.64. The molecule has 7 nitrogen and oxygen atoms in total. The van der Waals surface area contributed by atoms with E-state index in [1.54, 1.807) is 0 Å². The SMILES string of the molecule is CC(C)CC(=O)NNC(=O)c1ccc(Cl)cc1[N+](=O)[O-]. The highest BCUT2D eigenvalue weighted by Crippen LogP contribution is 2.22. The van der Waals surface area contributed by atoms with E-state index in [2.05, 4.69) is 10.9 Å². The normalized spacial score (nSPS) is 10.2. The molecule has 0 spiro atoms. The number of hydrazine groups is 1. The average molecular weight is 300 g/mol. The van der Waals surface area contributed by atoms with E-state index in [0.29, 0.717) is 0 Å². The van der Waals surface area contributed by atoms with Crippen molar-refractivity contribution in [3.05, 3.63) is 38.9 Å². The molecule has 0 saturated heterocycles. The summed E-state index contributed by atoms with van der Waals surface area (Å²) in [7, 11) is 0. The van der Waals surface area contributed by atoms with Gasteiger partial charge in [0.1, 0.15) is 5.56 Å². The van der Waals surface area contributed by atoms with Gasteiger partial charge in [-0.25, -0.2) is 0 Å². The molecule has 20 heavy (non-hydrogen) atoms. The minimum atomic E-state index is -0.773. The Morgan fingerprint density at radius 3 is 2.55 bits per heavy atom. The Hall–Kier alpha value is -2.15. The quantitative estimate of drug-likeness (QED) is 0.656. The summed E-state index contributed by atoms with van der Waals surface area (Å²) in [5.41, 5.74) is 3.73. The van der Waals surface area contributed by atoms with Crippen molar-refractivity contribution in [2.24, 2.45) is 5.92 Å². The molecule has 0 aliphatic carbocycles. The Bertz CT molecular complexity index is 546. The molecule has 1 rings (SSSR count). The van der Waals surface area contributed by atoms with E-state index < -0.39 is 16.5 Å². The zero-order valence-corrected chi connectivity index (χ0v) is 11.7. The van der Waals surface area contributed by atoms with Crippen molar-refractivity contribution in [1.29, 1.82) is 0 Å². The fourth-order valence-electron chi connectivity index (χ4n) is 1.46. The summed E-state index contributed by atoms with van der Waals surface area (Å²) < 4.78 is 0. The molecule has 0 bridgehead atoms. The third-order valence-electron chi connectivity index (χ3n) is 2.31. The predicted molar refractivity (Wildman–Crippen MR) is 73.2 cm³/mol. The number of carbonyl (C=O) groups is 2. The molecule has 0 atom stereocenters. The van der Waals surface area contributed by atoms with Gasteiger partial charge in [-0.1, -0.05) is 25.4 Å². The van der Waals surface area contributed by atoms with E-state index in [1.807, 2.05) is 13.8 Å². The molecule has 1 aromatic rings. The van der Waals surface area contributed by atoms with E-state index in [0.717, 1.165) is 6.07 Å². The first-order chi connectivity index (χ1) is 9.31. The Kier molecular flexibility index (Phi) is 5.45. The molecule has 0 unspecified atom stereocenters. The van der Waals surface area contributed by atoms with E-state index in [1.165, 1.54) is 12.1 Å². The molecule has 108 valence electrons. The molecule has 0 heterocycles. The van der Waals surface area contributed by atoms with Gasteiger partial charge in [0.15, 0.2) is 0 Å². The summed E-state index contributed by atoms with van der Waals surface area (Å²) in [4.78, 5) is 33.3. The summed E-state index contributed by atoms with van der Waals surface area (Å²) in [5, 5.41) is 11.0. The van der Waals surface area contributed by atoms with Crippen LogP contribution in [0.4, 0.5) is 5.69 Å². The molecule has 8 heteroatoms. The molecule has 0 aliphatic heterocycles. The highest BCUT2D eigenvalue weighted by molar-refractivity contribution is 6.31. The number of rotatable bonds is 4. The standard InChI is InChI=1S/C12H14ClN3O4/c1-7(2)5-11(17)14-15-12(18)9-4-3-8(13)6-10(9)16(19)20/h3-4,6-7H,5H2,1-2H3,(H,14,17)(H,15,18). The van der Waals surface area contributed by atoms with Gasteiger partial charge in [0, 0.05) is 17.5 Å². The molecular weight excluding hydrogens is 286 g/mol. The highest BCUT2D eigenvalue weighted by Gasteiger charge is 2.20. The second kappa shape index (κ2) is 6.85. The van der Waals surface area contributed by atoms with E-state index in [-0.39, 0.29) is 28.8 Å². The molecule has 2 amide bonds. The highest BCUT2D eigenvalue weighted by atomic mass is 35.5. The van der Waals surface area contributed by atoms with Gasteiger partial charge in [0.05, 0.1) is 4.92 Å². The number of nitro benzene ring substituents is 1. The van der Waals surface area contributed by atoms with Crippen LogP contribution in [0.1, 0.15) is 30.6 Å². The van der Waals surface area contributed by atoms with E-state index in [9.17, 15) is 19.7 Å². The smallest absolute Gasteiger partial charge is 0.273 e. The number of nitro groups is 1. The van der Waals surface area contributed by atoms with E-state index >= 15 is 0 Å². The molecule has 1 aromatic carbocycles.